The van der Waals surface area contributed by atoms with Gasteiger partial charge in [0.1, 0.15) is 0 Å². The van der Waals surface area contributed by atoms with Crippen LogP contribution in [0.1, 0.15) is 44.1 Å². The molecule has 0 saturated carbocycles. The number of nitrogens with zero attached hydrogens (tertiary/aromatic N) is 1. The first kappa shape index (κ1) is 19.7. The van der Waals surface area contributed by atoms with Crippen molar-refractivity contribution in [2.45, 2.75) is 56.4 Å². The van der Waals surface area contributed by atoms with Crippen molar-refractivity contribution >= 4 is 15.9 Å². The summed E-state index contributed by atoms with van der Waals surface area (Å²) in [4.78, 5) is 12.0. The third-order valence-corrected chi connectivity index (χ3v) is 6.54. The SMILES string of the molecule is C=CCCC(=O)NCCC1CCCCN1S(=O)(=O)c1ccc(C)cc1. The fourth-order valence-corrected chi connectivity index (χ4v) is 4.85. The lowest BCUT2D eigenvalue weighted by molar-refractivity contribution is -0.121. The highest BCUT2D eigenvalue weighted by molar-refractivity contribution is 7.89. The number of nitrogens with one attached hydrogen (secondary N) is 1. The standard InChI is InChI=1S/C19H28N2O3S/c1-3-4-8-19(22)20-14-13-17-7-5-6-15-21(17)25(23,24)18-11-9-16(2)10-12-18/h3,9-12,17H,1,4-8,13-15H2,2H3,(H,20,22). The maximum Gasteiger partial charge on any atom is 0.243 e. The molecule has 1 atom stereocenters. The van der Waals surface area contributed by atoms with Gasteiger partial charge in [-0.25, -0.2) is 8.42 Å². The van der Waals surface area contributed by atoms with Crippen molar-refractivity contribution in [1.82, 2.24) is 9.62 Å². The van der Waals surface area contributed by atoms with Gasteiger partial charge >= 0.3 is 0 Å². The maximum atomic E-state index is 13.0. The molecule has 2 rings (SSSR count). The second kappa shape index (κ2) is 9.15. The second-order valence-electron chi connectivity index (χ2n) is 6.54. The number of hydrogen-bond acceptors (Lipinski definition) is 3. The van der Waals surface area contributed by atoms with Gasteiger partial charge in [-0.2, -0.15) is 4.31 Å². The predicted molar refractivity (Wildman–Crippen MR) is 99.8 cm³/mol. The first-order chi connectivity index (χ1) is 11.9. The molecule has 1 unspecified atom stereocenters. The van der Waals surface area contributed by atoms with Gasteiger partial charge < -0.3 is 5.32 Å². The number of rotatable bonds is 8. The molecule has 0 bridgehead atoms. The molecule has 0 spiro atoms. The van der Waals surface area contributed by atoms with Gasteiger partial charge in [0.05, 0.1) is 4.90 Å². The van der Waals surface area contributed by atoms with Crippen LogP contribution in [-0.2, 0) is 14.8 Å². The Morgan fingerprint density at radius 2 is 2.04 bits per heavy atom. The summed E-state index contributed by atoms with van der Waals surface area (Å²) >= 11 is 0. The number of carbonyl (C=O) groups excluding carboxylic acids is 1. The lowest BCUT2D eigenvalue weighted by atomic mass is 10.0. The zero-order valence-corrected chi connectivity index (χ0v) is 15.7. The van der Waals surface area contributed by atoms with Crippen LogP contribution in [0.15, 0.2) is 41.8 Å². The molecule has 1 amide bonds. The summed E-state index contributed by atoms with van der Waals surface area (Å²) in [5.74, 6) is -0.0105. The molecular weight excluding hydrogens is 336 g/mol. The van der Waals surface area contributed by atoms with E-state index in [2.05, 4.69) is 11.9 Å². The van der Waals surface area contributed by atoms with Crippen molar-refractivity contribution in [1.29, 1.82) is 0 Å². The van der Waals surface area contributed by atoms with Gasteiger partial charge in [0.25, 0.3) is 0 Å². The minimum Gasteiger partial charge on any atom is -0.356 e. The Morgan fingerprint density at radius 1 is 1.32 bits per heavy atom. The van der Waals surface area contributed by atoms with Crippen LogP contribution in [0, 0.1) is 6.92 Å². The first-order valence-electron chi connectivity index (χ1n) is 8.91. The molecule has 5 nitrogen and oxygen atoms in total. The highest BCUT2D eigenvalue weighted by atomic mass is 32.2. The van der Waals surface area contributed by atoms with Gasteiger partial charge in [-0.05, 0) is 44.7 Å². The average molecular weight is 365 g/mol. The number of piperidine rings is 1. The molecule has 1 saturated heterocycles. The van der Waals surface area contributed by atoms with Crippen molar-refractivity contribution in [3.05, 3.63) is 42.5 Å². The Kier molecular flexibility index (Phi) is 7.20. The van der Waals surface area contributed by atoms with Crippen LogP contribution in [0.25, 0.3) is 0 Å². The molecular formula is C19H28N2O3S. The Hall–Kier alpha value is -1.66. The smallest absolute Gasteiger partial charge is 0.243 e. The number of sulfonamides is 1. The largest absolute Gasteiger partial charge is 0.356 e. The minimum atomic E-state index is -3.49. The Bertz CT molecular complexity index is 683. The van der Waals surface area contributed by atoms with Crippen LogP contribution in [0.3, 0.4) is 0 Å². The summed E-state index contributed by atoms with van der Waals surface area (Å²) in [6.45, 7) is 6.59. The molecule has 1 aliphatic rings. The zero-order chi connectivity index (χ0) is 18.3. The van der Waals surface area contributed by atoms with E-state index in [0.29, 0.717) is 37.2 Å². The molecule has 25 heavy (non-hydrogen) atoms. The quantitative estimate of drug-likeness (QED) is 0.721. The lowest BCUT2D eigenvalue weighted by Gasteiger charge is -2.34. The normalized spacial score (nSPS) is 18.7. The monoisotopic (exact) mass is 364 g/mol. The average Bonchev–Trinajstić information content (AvgIpc) is 2.60. The van der Waals surface area contributed by atoms with Gasteiger partial charge in [0.15, 0.2) is 0 Å². The summed E-state index contributed by atoms with van der Waals surface area (Å²) in [6, 6.07) is 6.94. The molecule has 1 fully saturated rings. The third-order valence-electron chi connectivity index (χ3n) is 4.58. The molecule has 1 aromatic carbocycles. The van der Waals surface area contributed by atoms with E-state index in [9.17, 15) is 13.2 Å². The Morgan fingerprint density at radius 3 is 2.72 bits per heavy atom. The van der Waals surface area contributed by atoms with Crippen LogP contribution in [0.5, 0.6) is 0 Å². The van der Waals surface area contributed by atoms with Gasteiger partial charge in [-0.3, -0.25) is 4.79 Å². The first-order valence-corrected chi connectivity index (χ1v) is 10.4. The number of benzene rings is 1. The molecule has 1 aliphatic heterocycles. The van der Waals surface area contributed by atoms with E-state index >= 15 is 0 Å². The Labute approximate surface area is 151 Å². The van der Waals surface area contributed by atoms with E-state index in [1.54, 1.807) is 22.5 Å². The molecule has 1 N–H and O–H groups in total. The predicted octanol–water partition coefficient (Wildman–Crippen LogP) is 3.01. The van der Waals surface area contributed by atoms with Crippen LogP contribution in [0.4, 0.5) is 0 Å². The van der Waals surface area contributed by atoms with Crippen LogP contribution in [-0.4, -0.2) is 37.8 Å². The fraction of sp³-hybridized carbons (Fsp3) is 0.526. The van der Waals surface area contributed by atoms with Gasteiger partial charge in [0.2, 0.25) is 15.9 Å². The molecule has 0 radical (unpaired) electrons. The van der Waals surface area contributed by atoms with Gasteiger partial charge in [-0.1, -0.05) is 30.2 Å². The third kappa shape index (κ3) is 5.41. The maximum absolute atomic E-state index is 13.0. The number of aryl methyl sites for hydroxylation is 1. The van der Waals surface area contributed by atoms with E-state index in [4.69, 9.17) is 0 Å². The van der Waals surface area contributed by atoms with Crippen molar-refractivity contribution in [3.8, 4) is 0 Å². The molecule has 1 heterocycles. The summed E-state index contributed by atoms with van der Waals surface area (Å²) < 4.78 is 27.6. The summed E-state index contributed by atoms with van der Waals surface area (Å²) in [5, 5.41) is 2.88. The van der Waals surface area contributed by atoms with E-state index in [-0.39, 0.29) is 11.9 Å². The highest BCUT2D eigenvalue weighted by Crippen LogP contribution is 2.27. The van der Waals surface area contributed by atoms with Crippen molar-refractivity contribution < 1.29 is 13.2 Å². The summed E-state index contributed by atoms with van der Waals surface area (Å²) in [5.41, 5.74) is 1.04. The Balaban J connectivity index is 2.01. The topological polar surface area (TPSA) is 66.5 Å². The van der Waals surface area contributed by atoms with E-state index in [1.165, 1.54) is 0 Å². The highest BCUT2D eigenvalue weighted by Gasteiger charge is 2.33. The number of allylic oxidation sites excluding steroid dienone is 1. The number of hydrogen-bond donors (Lipinski definition) is 1. The number of amides is 1. The van der Waals surface area contributed by atoms with Gasteiger partial charge in [0, 0.05) is 25.6 Å². The van der Waals surface area contributed by atoms with Crippen LogP contribution >= 0.6 is 0 Å². The van der Waals surface area contributed by atoms with Crippen molar-refractivity contribution in [3.63, 3.8) is 0 Å². The second-order valence-corrected chi connectivity index (χ2v) is 8.43. The van der Waals surface area contributed by atoms with Gasteiger partial charge in [-0.15, -0.1) is 6.58 Å². The van der Waals surface area contributed by atoms with Crippen LogP contribution in [0.2, 0.25) is 0 Å². The molecule has 0 aromatic heterocycles. The van der Waals surface area contributed by atoms with Crippen LogP contribution < -0.4 is 5.32 Å². The van der Waals surface area contributed by atoms with Crippen molar-refractivity contribution in [2.75, 3.05) is 13.1 Å². The summed E-state index contributed by atoms with van der Waals surface area (Å²) in [7, 11) is -3.49. The van der Waals surface area contributed by atoms with E-state index in [1.807, 2.05) is 19.1 Å². The number of carbonyl (C=O) groups is 1. The van der Waals surface area contributed by atoms with Crippen molar-refractivity contribution in [2.24, 2.45) is 0 Å². The lowest BCUT2D eigenvalue weighted by Crippen LogP contribution is -2.45. The minimum absolute atomic E-state index is 0.0105. The van der Waals surface area contributed by atoms with E-state index < -0.39 is 10.0 Å². The molecule has 0 aliphatic carbocycles. The van der Waals surface area contributed by atoms with E-state index in [0.717, 1.165) is 24.8 Å². The summed E-state index contributed by atoms with van der Waals surface area (Å²) in [6.07, 6.45) is 6.19. The molecule has 6 heteroatoms. The zero-order valence-electron chi connectivity index (χ0n) is 14.9. The fourth-order valence-electron chi connectivity index (χ4n) is 3.12. The molecule has 1 aromatic rings. The molecule has 138 valence electrons.